The van der Waals surface area contributed by atoms with Gasteiger partial charge in [0.25, 0.3) is 5.91 Å². The van der Waals surface area contributed by atoms with Crippen LogP contribution < -0.4 is 11.1 Å². The van der Waals surface area contributed by atoms with Crippen molar-refractivity contribution in [1.82, 2.24) is 19.9 Å². The largest absolute Gasteiger partial charge is 0.381 e. The third-order valence-electron chi connectivity index (χ3n) is 6.30. The lowest BCUT2D eigenvalue weighted by Crippen LogP contribution is -2.50. The van der Waals surface area contributed by atoms with E-state index in [9.17, 15) is 9.59 Å². The Kier molecular flexibility index (Phi) is 4.61. The van der Waals surface area contributed by atoms with Crippen molar-refractivity contribution in [2.45, 2.75) is 50.2 Å². The van der Waals surface area contributed by atoms with E-state index in [0.717, 1.165) is 48.0 Å². The van der Waals surface area contributed by atoms with Crippen molar-refractivity contribution in [3.63, 3.8) is 0 Å². The zero-order valence-corrected chi connectivity index (χ0v) is 16.5. The minimum Gasteiger partial charge on any atom is -0.381 e. The van der Waals surface area contributed by atoms with E-state index in [1.165, 1.54) is 6.20 Å². The summed E-state index contributed by atoms with van der Waals surface area (Å²) in [4.78, 5) is 38.5. The third-order valence-corrected chi connectivity index (χ3v) is 6.30. The lowest BCUT2D eigenvalue weighted by molar-refractivity contribution is -0.134. The van der Waals surface area contributed by atoms with Crippen LogP contribution in [0.3, 0.4) is 0 Å². The van der Waals surface area contributed by atoms with Gasteiger partial charge in [-0.1, -0.05) is 6.07 Å². The normalized spacial score (nSPS) is 22.9. The zero-order chi connectivity index (χ0) is 20.7. The van der Waals surface area contributed by atoms with Gasteiger partial charge in [0.2, 0.25) is 5.91 Å². The van der Waals surface area contributed by atoms with Gasteiger partial charge in [-0.2, -0.15) is 0 Å². The molecule has 2 saturated heterocycles. The van der Waals surface area contributed by atoms with Crippen LogP contribution in [-0.4, -0.2) is 49.8 Å². The summed E-state index contributed by atoms with van der Waals surface area (Å²) in [5.41, 5.74) is 8.38. The first-order valence-corrected chi connectivity index (χ1v) is 10.3. The number of piperidine rings is 1. The number of nitrogens with zero attached hydrogens (tertiary/aromatic N) is 3. The number of rotatable bonds is 5. The highest BCUT2D eigenvalue weighted by Crippen LogP contribution is 2.38. The molecule has 30 heavy (non-hydrogen) atoms. The number of aromatic nitrogens is 3. The summed E-state index contributed by atoms with van der Waals surface area (Å²) in [5.74, 6) is -0.330. The number of amides is 2. The Hall–Kier alpha value is -3.42. The molecule has 0 aliphatic carbocycles. The molecule has 2 aliphatic heterocycles. The highest BCUT2D eigenvalue weighted by Gasteiger charge is 2.43. The number of H-pyrrole nitrogens is 1. The Morgan fingerprint density at radius 3 is 2.70 bits per heavy atom. The fourth-order valence-corrected chi connectivity index (χ4v) is 5.03. The quantitative estimate of drug-likeness (QED) is 0.603. The fourth-order valence-electron chi connectivity index (χ4n) is 5.03. The van der Waals surface area contributed by atoms with Crippen molar-refractivity contribution in [1.29, 1.82) is 0 Å². The molecule has 154 valence electrons. The molecular weight excluding hydrogens is 380 g/mol. The number of nitrogens with two attached hydrogens (primary N) is 1. The predicted octanol–water partition coefficient (Wildman–Crippen LogP) is 2.23. The number of fused-ring (bicyclic) bond motifs is 3. The number of nitrogens with one attached hydrogen (secondary N) is 2. The van der Waals surface area contributed by atoms with E-state index in [0.29, 0.717) is 12.0 Å². The van der Waals surface area contributed by atoms with Gasteiger partial charge in [0, 0.05) is 48.3 Å². The second-order valence-electron chi connectivity index (χ2n) is 8.19. The molecule has 0 unspecified atom stereocenters. The second kappa shape index (κ2) is 7.44. The Bertz CT molecular complexity index is 1080. The van der Waals surface area contributed by atoms with Crippen LogP contribution in [0.15, 0.2) is 43.0 Å². The molecule has 5 heterocycles. The van der Waals surface area contributed by atoms with Gasteiger partial charge < -0.3 is 20.9 Å². The number of hydrogen-bond donors (Lipinski definition) is 3. The molecule has 3 aromatic rings. The highest BCUT2D eigenvalue weighted by molar-refractivity contribution is 6.06. The molecule has 0 saturated carbocycles. The van der Waals surface area contributed by atoms with Crippen molar-refractivity contribution >= 4 is 28.5 Å². The van der Waals surface area contributed by atoms with Crippen LogP contribution in [0, 0.1) is 0 Å². The number of aromatic amines is 1. The van der Waals surface area contributed by atoms with Crippen LogP contribution in [0.25, 0.3) is 11.0 Å². The molecule has 0 radical (unpaired) electrons. The molecule has 0 aromatic carbocycles. The third kappa shape index (κ3) is 3.28. The Morgan fingerprint density at radius 2 is 2.00 bits per heavy atom. The zero-order valence-electron chi connectivity index (χ0n) is 16.5. The maximum absolute atomic E-state index is 13.0. The number of anilines is 1. The van der Waals surface area contributed by atoms with Gasteiger partial charge in [-0.25, -0.2) is 4.98 Å². The summed E-state index contributed by atoms with van der Waals surface area (Å²) < 4.78 is 0. The van der Waals surface area contributed by atoms with E-state index >= 15 is 0 Å². The Morgan fingerprint density at radius 1 is 1.20 bits per heavy atom. The standard InChI is InChI=1S/C22H24N6O2/c23-21(30)18-12-26-22-17(5-7-25-22)20(18)27-14-9-15-3-4-16(10-14)28(15)19(29)8-13-2-1-6-24-11-13/h1-2,5-7,11-12,14-16H,3-4,8-10H2,(H2,23,30)(H2,25,26,27)/t15-,16-/m0/s1. The molecule has 2 amide bonds. The molecule has 2 fully saturated rings. The minimum absolute atomic E-state index is 0.170. The fraction of sp³-hybridized carbons (Fsp3) is 0.364. The SMILES string of the molecule is NC(=O)c1cnc2[nH]ccc2c1NC1C[C@@H]2CC[C@@H](C1)N2C(=O)Cc1cccnc1. The van der Waals surface area contributed by atoms with E-state index in [4.69, 9.17) is 5.73 Å². The molecule has 2 atom stereocenters. The summed E-state index contributed by atoms with van der Waals surface area (Å²) in [6, 6.07) is 6.30. The first kappa shape index (κ1) is 18.6. The molecule has 0 spiro atoms. The van der Waals surface area contributed by atoms with E-state index in [1.54, 1.807) is 18.6 Å². The lowest BCUT2D eigenvalue weighted by atomic mass is 9.95. The molecule has 2 bridgehead atoms. The van der Waals surface area contributed by atoms with E-state index in [1.807, 2.05) is 18.2 Å². The van der Waals surface area contributed by atoms with Crippen LogP contribution in [0.5, 0.6) is 0 Å². The summed E-state index contributed by atoms with van der Waals surface area (Å²) in [7, 11) is 0. The average molecular weight is 404 g/mol. The summed E-state index contributed by atoms with van der Waals surface area (Å²) >= 11 is 0. The molecule has 4 N–H and O–H groups in total. The Labute approximate surface area is 173 Å². The first-order chi connectivity index (χ1) is 14.6. The lowest BCUT2D eigenvalue weighted by Gasteiger charge is -2.40. The number of carbonyl (C=O) groups excluding carboxylic acids is 2. The van der Waals surface area contributed by atoms with Crippen molar-refractivity contribution in [2.75, 3.05) is 5.32 Å². The van der Waals surface area contributed by atoms with Crippen molar-refractivity contribution in [3.8, 4) is 0 Å². The van der Waals surface area contributed by atoms with Crippen LogP contribution in [0.4, 0.5) is 5.69 Å². The van der Waals surface area contributed by atoms with Gasteiger partial charge in [-0.15, -0.1) is 0 Å². The highest BCUT2D eigenvalue weighted by atomic mass is 16.2. The maximum Gasteiger partial charge on any atom is 0.252 e. The second-order valence-corrected chi connectivity index (χ2v) is 8.19. The number of hydrogen-bond acceptors (Lipinski definition) is 5. The van der Waals surface area contributed by atoms with Crippen LogP contribution in [0.2, 0.25) is 0 Å². The van der Waals surface area contributed by atoms with Crippen molar-refractivity contribution in [3.05, 3.63) is 54.1 Å². The number of carbonyl (C=O) groups is 2. The molecule has 8 heteroatoms. The molecule has 5 rings (SSSR count). The van der Waals surface area contributed by atoms with Gasteiger partial charge in [-0.05, 0) is 43.4 Å². The Balaban J connectivity index is 1.34. The van der Waals surface area contributed by atoms with Crippen LogP contribution in [0.1, 0.15) is 41.6 Å². The minimum atomic E-state index is -0.500. The summed E-state index contributed by atoms with van der Waals surface area (Å²) in [6.45, 7) is 0. The van der Waals surface area contributed by atoms with Crippen LogP contribution in [-0.2, 0) is 11.2 Å². The van der Waals surface area contributed by atoms with E-state index < -0.39 is 5.91 Å². The molecule has 8 nitrogen and oxygen atoms in total. The molecule has 2 aliphatic rings. The average Bonchev–Trinajstić information content (AvgIpc) is 3.31. The van der Waals surface area contributed by atoms with E-state index in [2.05, 4.69) is 25.2 Å². The monoisotopic (exact) mass is 404 g/mol. The van der Waals surface area contributed by atoms with Crippen molar-refractivity contribution in [2.24, 2.45) is 5.73 Å². The van der Waals surface area contributed by atoms with Gasteiger partial charge >= 0.3 is 0 Å². The van der Waals surface area contributed by atoms with Gasteiger partial charge in [0.05, 0.1) is 17.7 Å². The number of primary amides is 1. The molecular formula is C22H24N6O2. The van der Waals surface area contributed by atoms with E-state index in [-0.39, 0.29) is 24.0 Å². The predicted molar refractivity (Wildman–Crippen MR) is 113 cm³/mol. The summed E-state index contributed by atoms with van der Waals surface area (Å²) in [6.07, 6.45) is 10.9. The van der Waals surface area contributed by atoms with Gasteiger partial charge in [0.15, 0.2) is 0 Å². The number of pyridine rings is 2. The van der Waals surface area contributed by atoms with Gasteiger partial charge in [-0.3, -0.25) is 14.6 Å². The topological polar surface area (TPSA) is 117 Å². The smallest absolute Gasteiger partial charge is 0.252 e. The maximum atomic E-state index is 13.0. The van der Waals surface area contributed by atoms with Crippen LogP contribution >= 0.6 is 0 Å². The summed E-state index contributed by atoms with van der Waals surface area (Å²) in [5, 5.41) is 4.42. The molecule has 3 aromatic heterocycles. The van der Waals surface area contributed by atoms with Crippen molar-refractivity contribution < 1.29 is 9.59 Å². The van der Waals surface area contributed by atoms with Gasteiger partial charge in [0.1, 0.15) is 5.65 Å². The first-order valence-electron chi connectivity index (χ1n) is 10.3.